The molecule has 0 spiro atoms. The van der Waals surface area contributed by atoms with Crippen molar-refractivity contribution in [2.24, 2.45) is 56.7 Å². The minimum atomic E-state index is -0.358. The van der Waals surface area contributed by atoms with Crippen LogP contribution >= 0.6 is 0 Å². The molecule has 5 saturated carbocycles. The molecule has 5 aliphatic carbocycles. The van der Waals surface area contributed by atoms with Gasteiger partial charge in [-0.15, -0.1) is 0 Å². The molecule has 10 atom stereocenters. The molecule has 0 bridgehead atoms. The summed E-state index contributed by atoms with van der Waals surface area (Å²) in [7, 11) is 0. The molecule has 0 unspecified atom stereocenters. The lowest BCUT2D eigenvalue weighted by atomic mass is 9.31. The normalized spacial score (nSPS) is 55.2. The van der Waals surface area contributed by atoms with Crippen LogP contribution in [0, 0.1) is 56.7 Å². The van der Waals surface area contributed by atoms with Gasteiger partial charge in [-0.25, -0.2) is 0 Å². The second-order valence-corrected chi connectivity index (χ2v) is 14.5. The predicted octanol–water partition coefficient (Wildman–Crippen LogP) is 6.18. The molecule has 2 N–H and O–H groups in total. The molecule has 3 nitrogen and oxygen atoms in total. The van der Waals surface area contributed by atoms with Gasteiger partial charge in [0.25, 0.3) is 0 Å². The molecule has 0 heterocycles. The van der Waals surface area contributed by atoms with Crippen molar-refractivity contribution in [2.75, 3.05) is 6.61 Å². The van der Waals surface area contributed by atoms with E-state index in [4.69, 9.17) is 0 Å². The van der Waals surface area contributed by atoms with Crippen molar-refractivity contribution < 1.29 is 15.0 Å². The Balaban J connectivity index is 1.58. The summed E-state index contributed by atoms with van der Waals surface area (Å²) >= 11 is 0. The van der Waals surface area contributed by atoms with Gasteiger partial charge in [0.2, 0.25) is 0 Å². The second-order valence-electron chi connectivity index (χ2n) is 14.5. The lowest BCUT2D eigenvalue weighted by molar-refractivity contribution is -0.271. The zero-order chi connectivity index (χ0) is 24.2. The Kier molecular flexibility index (Phi) is 5.24. The first-order valence-corrected chi connectivity index (χ1v) is 13.8. The summed E-state index contributed by atoms with van der Waals surface area (Å²) in [6.07, 6.45) is 9.28. The molecule has 0 aromatic heterocycles. The maximum Gasteiger partial charge on any atom is 0.138 e. The molecule has 0 amide bonds. The number of fused-ring (bicyclic) bond motifs is 7. The van der Waals surface area contributed by atoms with Crippen LogP contribution in [0.4, 0.5) is 0 Å². The number of hydrogen-bond donors (Lipinski definition) is 2. The van der Waals surface area contributed by atoms with Crippen molar-refractivity contribution in [3.8, 4) is 0 Å². The maximum atomic E-state index is 12.9. The fourth-order valence-corrected chi connectivity index (χ4v) is 11.3. The van der Waals surface area contributed by atoms with Crippen molar-refractivity contribution in [1.29, 1.82) is 0 Å². The summed E-state index contributed by atoms with van der Waals surface area (Å²) in [5.74, 6) is 2.67. The van der Waals surface area contributed by atoms with E-state index < -0.39 is 0 Å². The van der Waals surface area contributed by atoms with Crippen LogP contribution in [0.1, 0.15) is 99.3 Å². The summed E-state index contributed by atoms with van der Waals surface area (Å²) in [5, 5.41) is 22.0. The lowest BCUT2D eigenvalue weighted by Gasteiger charge is -2.73. The molecule has 0 aliphatic heterocycles. The average Bonchev–Trinajstić information content (AvgIpc) is 3.11. The first-order valence-electron chi connectivity index (χ1n) is 13.8. The van der Waals surface area contributed by atoms with Crippen LogP contribution in [-0.4, -0.2) is 28.7 Å². The number of hydrogen-bond acceptors (Lipinski definition) is 3. The van der Waals surface area contributed by atoms with Crippen LogP contribution in [-0.2, 0) is 4.79 Å². The molecule has 0 aromatic carbocycles. The Morgan fingerprint density at radius 1 is 0.970 bits per heavy atom. The highest BCUT2D eigenvalue weighted by Gasteiger charge is 2.72. The van der Waals surface area contributed by atoms with Gasteiger partial charge in [-0.05, 0) is 103 Å². The fraction of sp³-hybridized carbons (Fsp3) is 0.900. The van der Waals surface area contributed by atoms with E-state index in [1.54, 1.807) is 0 Å². The molecule has 33 heavy (non-hydrogen) atoms. The van der Waals surface area contributed by atoms with Crippen LogP contribution in [0.5, 0.6) is 0 Å². The molecule has 5 fully saturated rings. The van der Waals surface area contributed by atoms with Crippen molar-refractivity contribution in [3.63, 3.8) is 0 Å². The Hall–Kier alpha value is -0.670. The van der Waals surface area contributed by atoms with E-state index in [-0.39, 0.29) is 40.3 Å². The number of carbonyl (C=O) groups excluding carboxylic acids is 1. The predicted molar refractivity (Wildman–Crippen MR) is 132 cm³/mol. The third-order valence-electron chi connectivity index (χ3n) is 13.4. The second kappa shape index (κ2) is 7.19. The standard InChI is InChI=1S/C30H48O3/c1-18(17-31)19-10-12-27(4)14-15-29(6)20(25(19)27)8-9-21-28(5)13-11-23(32)26(2,3)22(28)16-24(33)30(21,29)7/h19-22,24-25,31,33H,1,8-17H2,2-7H3/t19-,20+,21+,22-,24-,25+,27+,28+,29+,30-/m0/s1. The third-order valence-corrected chi connectivity index (χ3v) is 13.4. The van der Waals surface area contributed by atoms with Crippen LogP contribution < -0.4 is 0 Å². The van der Waals surface area contributed by atoms with Gasteiger partial charge in [0.05, 0.1) is 12.7 Å². The van der Waals surface area contributed by atoms with Crippen LogP contribution in [0.15, 0.2) is 12.2 Å². The van der Waals surface area contributed by atoms with Crippen LogP contribution in [0.25, 0.3) is 0 Å². The average molecular weight is 457 g/mol. The quantitative estimate of drug-likeness (QED) is 0.488. The Morgan fingerprint density at radius 3 is 2.33 bits per heavy atom. The molecular weight excluding hydrogens is 408 g/mol. The van der Waals surface area contributed by atoms with E-state index in [0.717, 1.165) is 31.3 Å². The highest BCUT2D eigenvalue weighted by atomic mass is 16.3. The monoisotopic (exact) mass is 456 g/mol. The van der Waals surface area contributed by atoms with Gasteiger partial charge in [-0.1, -0.05) is 48.1 Å². The van der Waals surface area contributed by atoms with E-state index in [0.29, 0.717) is 41.3 Å². The highest BCUT2D eigenvalue weighted by molar-refractivity contribution is 5.85. The van der Waals surface area contributed by atoms with E-state index in [1.807, 2.05) is 0 Å². The maximum absolute atomic E-state index is 12.9. The lowest BCUT2D eigenvalue weighted by Crippen LogP contribution is -2.70. The smallest absolute Gasteiger partial charge is 0.138 e. The van der Waals surface area contributed by atoms with E-state index in [2.05, 4.69) is 48.1 Å². The van der Waals surface area contributed by atoms with Crippen molar-refractivity contribution in [3.05, 3.63) is 12.2 Å². The SMILES string of the molecule is C=C(CO)[C@@H]1CC[C@]2(C)CC[C@]3(C)[C@H](CC[C@@H]4[C@@]5(C)CCC(=O)C(C)(C)[C@@H]5C[C@H](O)[C@]43C)[C@@H]12. The zero-order valence-electron chi connectivity index (χ0n) is 22.0. The zero-order valence-corrected chi connectivity index (χ0v) is 22.0. The van der Waals surface area contributed by atoms with Crippen molar-refractivity contribution in [2.45, 2.75) is 105 Å². The van der Waals surface area contributed by atoms with Crippen LogP contribution in [0.3, 0.4) is 0 Å². The summed E-state index contributed by atoms with van der Waals surface area (Å²) in [6, 6.07) is 0. The Morgan fingerprint density at radius 2 is 1.67 bits per heavy atom. The van der Waals surface area contributed by atoms with E-state index in [1.165, 1.54) is 25.7 Å². The van der Waals surface area contributed by atoms with Crippen molar-refractivity contribution >= 4 is 5.78 Å². The first-order chi connectivity index (χ1) is 15.3. The van der Waals surface area contributed by atoms with Crippen LogP contribution in [0.2, 0.25) is 0 Å². The number of rotatable bonds is 2. The molecule has 5 aliphatic rings. The minimum Gasteiger partial charge on any atom is -0.393 e. The number of carbonyl (C=O) groups is 1. The number of ketones is 1. The highest BCUT2D eigenvalue weighted by Crippen LogP contribution is 2.77. The fourth-order valence-electron chi connectivity index (χ4n) is 11.3. The largest absolute Gasteiger partial charge is 0.393 e. The molecule has 0 saturated heterocycles. The molecule has 186 valence electrons. The third kappa shape index (κ3) is 2.79. The summed E-state index contributed by atoms with van der Waals surface area (Å²) in [6.45, 7) is 18.6. The molecule has 3 heteroatoms. The Bertz CT molecular complexity index is 861. The molecule has 5 rings (SSSR count). The molecular formula is C30H48O3. The van der Waals surface area contributed by atoms with Gasteiger partial charge in [0, 0.05) is 17.3 Å². The topological polar surface area (TPSA) is 57.5 Å². The molecule has 0 aromatic rings. The van der Waals surface area contributed by atoms with Gasteiger partial charge in [0.15, 0.2) is 0 Å². The molecule has 0 radical (unpaired) electrons. The van der Waals surface area contributed by atoms with E-state index in [9.17, 15) is 15.0 Å². The first kappa shape index (κ1) is 24.0. The minimum absolute atomic E-state index is 0.0808. The summed E-state index contributed by atoms with van der Waals surface area (Å²) in [4.78, 5) is 12.9. The number of aliphatic hydroxyl groups is 2. The van der Waals surface area contributed by atoms with Crippen molar-refractivity contribution in [1.82, 2.24) is 0 Å². The number of Topliss-reactive ketones (excluding diaryl/α,β-unsaturated/α-hetero) is 1. The van der Waals surface area contributed by atoms with Gasteiger partial charge in [0.1, 0.15) is 5.78 Å². The van der Waals surface area contributed by atoms with Gasteiger partial charge < -0.3 is 10.2 Å². The van der Waals surface area contributed by atoms with Gasteiger partial charge in [-0.3, -0.25) is 4.79 Å². The number of aliphatic hydroxyl groups excluding tert-OH is 2. The summed E-state index contributed by atoms with van der Waals surface area (Å²) < 4.78 is 0. The van der Waals surface area contributed by atoms with Gasteiger partial charge >= 0.3 is 0 Å². The van der Waals surface area contributed by atoms with E-state index >= 15 is 0 Å². The Labute approximate surface area is 201 Å². The van der Waals surface area contributed by atoms with Gasteiger partial charge in [-0.2, -0.15) is 0 Å². The summed E-state index contributed by atoms with van der Waals surface area (Å²) in [5.41, 5.74) is 1.09.